The van der Waals surface area contributed by atoms with E-state index in [-0.39, 0.29) is 5.91 Å². The molecule has 1 N–H and O–H groups in total. The number of hydrogen-bond donors (Lipinski definition) is 1. The molecule has 0 spiro atoms. The molecule has 3 heteroatoms. The molecule has 0 aliphatic heterocycles. The fraction of sp³-hybridized carbons (Fsp3) is 0.389. The molecule has 0 bridgehead atoms. The van der Waals surface area contributed by atoms with Gasteiger partial charge in [-0.25, -0.2) is 0 Å². The average molecular weight is 282 g/mol. The Labute approximate surface area is 126 Å². The molecule has 21 heavy (non-hydrogen) atoms. The van der Waals surface area contributed by atoms with E-state index in [1.165, 1.54) is 19.3 Å². The van der Waals surface area contributed by atoms with Gasteiger partial charge in [-0.3, -0.25) is 4.79 Å². The van der Waals surface area contributed by atoms with Crippen LogP contribution in [0.4, 0.5) is 0 Å². The molecular weight excluding hydrogens is 260 g/mol. The zero-order valence-electron chi connectivity index (χ0n) is 12.5. The number of hydrogen-bond acceptors (Lipinski definition) is 1. The standard InChI is InChI=1S/C18H22N2O/c1-14-6-2-3-7-17(14)19-18(21)15-8-10-16(11-9-15)20-12-4-5-13-20/h4-5,8-14,17H,2-3,6-7H2,1H3,(H,19,21). The van der Waals surface area contributed by atoms with Gasteiger partial charge in [-0.15, -0.1) is 0 Å². The first kappa shape index (κ1) is 13.9. The van der Waals surface area contributed by atoms with Crippen LogP contribution in [0.15, 0.2) is 48.8 Å². The van der Waals surface area contributed by atoms with Crippen LogP contribution in [0, 0.1) is 5.92 Å². The van der Waals surface area contributed by atoms with Crippen molar-refractivity contribution in [3.63, 3.8) is 0 Å². The van der Waals surface area contributed by atoms with Crippen LogP contribution in [0.25, 0.3) is 5.69 Å². The van der Waals surface area contributed by atoms with Crippen molar-refractivity contribution in [2.24, 2.45) is 5.92 Å². The zero-order valence-corrected chi connectivity index (χ0v) is 12.5. The molecule has 1 fully saturated rings. The van der Waals surface area contributed by atoms with Crippen molar-refractivity contribution in [1.29, 1.82) is 0 Å². The summed E-state index contributed by atoms with van der Waals surface area (Å²) in [5.41, 5.74) is 1.81. The van der Waals surface area contributed by atoms with E-state index in [9.17, 15) is 4.79 Å². The highest BCUT2D eigenvalue weighted by Crippen LogP contribution is 2.24. The number of amides is 1. The third-order valence-corrected chi connectivity index (χ3v) is 4.46. The number of nitrogens with one attached hydrogen (secondary N) is 1. The third kappa shape index (κ3) is 3.18. The van der Waals surface area contributed by atoms with Crippen molar-refractivity contribution >= 4 is 5.91 Å². The lowest BCUT2D eigenvalue weighted by molar-refractivity contribution is 0.0910. The van der Waals surface area contributed by atoms with E-state index in [2.05, 4.69) is 12.2 Å². The molecule has 0 saturated heterocycles. The van der Waals surface area contributed by atoms with Crippen molar-refractivity contribution in [1.82, 2.24) is 9.88 Å². The summed E-state index contributed by atoms with van der Waals surface area (Å²) in [4.78, 5) is 12.3. The van der Waals surface area contributed by atoms with Crippen LogP contribution in [-0.4, -0.2) is 16.5 Å². The van der Waals surface area contributed by atoms with Gasteiger partial charge in [0, 0.05) is 29.7 Å². The minimum Gasteiger partial charge on any atom is -0.349 e. The van der Waals surface area contributed by atoms with Gasteiger partial charge in [0.2, 0.25) is 0 Å². The predicted octanol–water partition coefficient (Wildman–Crippen LogP) is 3.79. The lowest BCUT2D eigenvalue weighted by atomic mass is 9.86. The Bertz CT molecular complexity index is 586. The van der Waals surface area contributed by atoms with Gasteiger partial charge in [0.1, 0.15) is 0 Å². The molecule has 3 nitrogen and oxygen atoms in total. The molecule has 0 radical (unpaired) electrons. The molecule has 2 atom stereocenters. The fourth-order valence-electron chi connectivity index (χ4n) is 3.07. The Morgan fingerprint density at radius 2 is 1.76 bits per heavy atom. The Morgan fingerprint density at radius 3 is 2.43 bits per heavy atom. The molecule has 2 unspecified atom stereocenters. The zero-order chi connectivity index (χ0) is 14.7. The molecule has 2 aromatic rings. The minimum absolute atomic E-state index is 0.0489. The van der Waals surface area contributed by atoms with Gasteiger partial charge in [-0.1, -0.05) is 19.8 Å². The minimum atomic E-state index is 0.0489. The van der Waals surface area contributed by atoms with E-state index >= 15 is 0 Å². The van der Waals surface area contributed by atoms with E-state index in [1.807, 2.05) is 53.4 Å². The maximum atomic E-state index is 12.3. The summed E-state index contributed by atoms with van der Waals surface area (Å²) in [7, 11) is 0. The second kappa shape index (κ2) is 6.17. The van der Waals surface area contributed by atoms with Crippen molar-refractivity contribution in [2.45, 2.75) is 38.6 Å². The Kier molecular flexibility index (Phi) is 4.09. The smallest absolute Gasteiger partial charge is 0.251 e. The summed E-state index contributed by atoms with van der Waals surface area (Å²) in [5.74, 6) is 0.634. The Morgan fingerprint density at radius 1 is 1.10 bits per heavy atom. The molecule has 3 rings (SSSR count). The quantitative estimate of drug-likeness (QED) is 0.913. The van der Waals surface area contributed by atoms with Crippen LogP contribution in [0.2, 0.25) is 0 Å². The molecular formula is C18H22N2O. The highest BCUT2D eigenvalue weighted by Gasteiger charge is 2.23. The normalized spacial score (nSPS) is 22.0. The summed E-state index contributed by atoms with van der Waals surface area (Å²) in [5, 5.41) is 3.19. The van der Waals surface area contributed by atoms with Crippen LogP contribution in [0.5, 0.6) is 0 Å². The number of rotatable bonds is 3. The lowest BCUT2D eigenvalue weighted by Gasteiger charge is -2.29. The van der Waals surface area contributed by atoms with Crippen molar-refractivity contribution in [3.8, 4) is 5.69 Å². The van der Waals surface area contributed by atoms with E-state index < -0.39 is 0 Å². The van der Waals surface area contributed by atoms with Crippen molar-refractivity contribution < 1.29 is 4.79 Å². The first-order valence-electron chi connectivity index (χ1n) is 7.78. The summed E-state index contributed by atoms with van der Waals surface area (Å²) in [6.07, 6.45) is 8.84. The van der Waals surface area contributed by atoms with Crippen LogP contribution in [0.3, 0.4) is 0 Å². The third-order valence-electron chi connectivity index (χ3n) is 4.46. The number of carbonyl (C=O) groups is 1. The van der Waals surface area contributed by atoms with E-state index in [1.54, 1.807) is 0 Å². The molecule has 1 aliphatic rings. The maximum absolute atomic E-state index is 12.3. The largest absolute Gasteiger partial charge is 0.349 e. The van der Waals surface area contributed by atoms with Crippen LogP contribution < -0.4 is 5.32 Å². The first-order chi connectivity index (χ1) is 10.2. The van der Waals surface area contributed by atoms with E-state index in [0.29, 0.717) is 12.0 Å². The van der Waals surface area contributed by atoms with Crippen LogP contribution >= 0.6 is 0 Å². The van der Waals surface area contributed by atoms with Gasteiger partial charge in [-0.2, -0.15) is 0 Å². The molecule has 1 aromatic carbocycles. The van der Waals surface area contributed by atoms with E-state index in [4.69, 9.17) is 0 Å². The van der Waals surface area contributed by atoms with Gasteiger partial charge >= 0.3 is 0 Å². The first-order valence-corrected chi connectivity index (χ1v) is 7.78. The van der Waals surface area contributed by atoms with Gasteiger partial charge in [-0.05, 0) is 55.2 Å². The lowest BCUT2D eigenvalue weighted by Crippen LogP contribution is -2.41. The number of carbonyl (C=O) groups excluding carboxylic acids is 1. The summed E-state index contributed by atoms with van der Waals surface area (Å²) in [6, 6.07) is 12.1. The summed E-state index contributed by atoms with van der Waals surface area (Å²) in [6.45, 7) is 2.24. The predicted molar refractivity (Wildman–Crippen MR) is 84.7 cm³/mol. The second-order valence-corrected chi connectivity index (χ2v) is 5.98. The van der Waals surface area contributed by atoms with Crippen LogP contribution in [0.1, 0.15) is 43.0 Å². The highest BCUT2D eigenvalue weighted by atomic mass is 16.1. The van der Waals surface area contributed by atoms with Gasteiger partial charge in [0.15, 0.2) is 0 Å². The molecule has 1 aromatic heterocycles. The van der Waals surface area contributed by atoms with E-state index in [0.717, 1.165) is 17.7 Å². The maximum Gasteiger partial charge on any atom is 0.251 e. The monoisotopic (exact) mass is 282 g/mol. The van der Waals surface area contributed by atoms with Gasteiger partial charge in [0.05, 0.1) is 0 Å². The number of benzene rings is 1. The summed E-state index contributed by atoms with van der Waals surface area (Å²) >= 11 is 0. The van der Waals surface area contributed by atoms with Crippen molar-refractivity contribution in [3.05, 3.63) is 54.4 Å². The Hall–Kier alpha value is -2.03. The molecule has 1 heterocycles. The molecule has 110 valence electrons. The molecule has 1 saturated carbocycles. The topological polar surface area (TPSA) is 34.0 Å². The number of aromatic nitrogens is 1. The highest BCUT2D eigenvalue weighted by molar-refractivity contribution is 5.94. The average Bonchev–Trinajstić information content (AvgIpc) is 3.04. The Balaban J connectivity index is 1.67. The van der Waals surface area contributed by atoms with Gasteiger partial charge in [0.25, 0.3) is 5.91 Å². The SMILES string of the molecule is CC1CCCCC1NC(=O)c1ccc(-n2cccc2)cc1. The van der Waals surface area contributed by atoms with Crippen LogP contribution in [-0.2, 0) is 0 Å². The second-order valence-electron chi connectivity index (χ2n) is 5.98. The van der Waals surface area contributed by atoms with Crippen molar-refractivity contribution in [2.75, 3.05) is 0 Å². The number of nitrogens with zero attached hydrogens (tertiary/aromatic N) is 1. The summed E-state index contributed by atoms with van der Waals surface area (Å²) < 4.78 is 2.03. The molecule has 1 aliphatic carbocycles. The fourth-order valence-corrected chi connectivity index (χ4v) is 3.07. The van der Waals surface area contributed by atoms with Gasteiger partial charge < -0.3 is 9.88 Å². The molecule has 1 amide bonds.